The molecule has 1 aromatic carbocycles. The van der Waals surface area contributed by atoms with Crippen molar-refractivity contribution in [1.82, 2.24) is 14.8 Å². The predicted octanol–water partition coefficient (Wildman–Crippen LogP) is 3.27. The van der Waals surface area contributed by atoms with Crippen molar-refractivity contribution in [1.29, 1.82) is 0 Å². The van der Waals surface area contributed by atoms with Gasteiger partial charge in [-0.3, -0.25) is 14.6 Å². The van der Waals surface area contributed by atoms with E-state index in [2.05, 4.69) is 10.9 Å². The second kappa shape index (κ2) is 10.4. The number of aromatic nitrogens is 1. The summed E-state index contributed by atoms with van der Waals surface area (Å²) in [6, 6.07) is 11.0. The Morgan fingerprint density at radius 2 is 1.91 bits per heavy atom. The Morgan fingerprint density at radius 1 is 1.12 bits per heavy atom. The second-order valence-corrected chi connectivity index (χ2v) is 8.54. The zero-order valence-electron chi connectivity index (χ0n) is 18.3. The number of nitrogens with zero attached hydrogens (tertiary/aromatic N) is 3. The summed E-state index contributed by atoms with van der Waals surface area (Å²) in [6.07, 6.45) is 14.2. The van der Waals surface area contributed by atoms with Crippen molar-refractivity contribution in [3.8, 4) is 12.3 Å². The molecule has 1 aliphatic carbocycles. The Labute approximate surface area is 189 Å². The van der Waals surface area contributed by atoms with E-state index >= 15 is 0 Å². The highest BCUT2D eigenvalue weighted by atomic mass is 16.5. The fourth-order valence-electron chi connectivity index (χ4n) is 4.57. The Hall–Kier alpha value is -3.17. The average molecular weight is 432 g/mol. The summed E-state index contributed by atoms with van der Waals surface area (Å²) in [6.45, 7) is 1.33. The summed E-state index contributed by atoms with van der Waals surface area (Å²) in [5.74, 6) is 2.37. The molecule has 0 spiro atoms. The van der Waals surface area contributed by atoms with E-state index in [1.165, 1.54) is 6.42 Å². The zero-order valence-corrected chi connectivity index (χ0v) is 18.3. The van der Waals surface area contributed by atoms with E-state index in [0.29, 0.717) is 30.8 Å². The second-order valence-electron chi connectivity index (χ2n) is 8.54. The van der Waals surface area contributed by atoms with Crippen LogP contribution in [0.25, 0.3) is 0 Å². The lowest BCUT2D eigenvalue weighted by Gasteiger charge is -2.34. The Morgan fingerprint density at radius 3 is 2.66 bits per heavy atom. The number of terminal acetylenes is 1. The minimum absolute atomic E-state index is 0.00614. The van der Waals surface area contributed by atoms with Crippen LogP contribution in [-0.2, 0) is 16.1 Å². The van der Waals surface area contributed by atoms with Crippen LogP contribution in [0.2, 0.25) is 0 Å². The minimum atomic E-state index is -0.267. The van der Waals surface area contributed by atoms with E-state index in [9.17, 15) is 9.59 Å². The number of rotatable bonds is 5. The molecule has 2 heterocycles. The summed E-state index contributed by atoms with van der Waals surface area (Å²) in [5, 5.41) is 0. The maximum atomic E-state index is 13.3. The molecule has 1 aliphatic heterocycles. The van der Waals surface area contributed by atoms with Crippen molar-refractivity contribution in [2.24, 2.45) is 0 Å². The number of hydrogen-bond donors (Lipinski definition) is 0. The molecule has 1 aromatic heterocycles. The third-order valence-corrected chi connectivity index (χ3v) is 6.28. The SMILES string of the molecule is C#Cc1cccc(C(=O)N2CC(=O)N(C3CCCCC3)C[C@H](OCc3ccncc3)C2)c1. The summed E-state index contributed by atoms with van der Waals surface area (Å²) in [4.78, 5) is 34.1. The first-order chi connectivity index (χ1) is 15.6. The number of pyridine rings is 1. The van der Waals surface area contributed by atoms with E-state index in [-0.39, 0.29) is 30.5 Å². The molecule has 2 aromatic rings. The van der Waals surface area contributed by atoms with Gasteiger partial charge >= 0.3 is 0 Å². The Balaban J connectivity index is 1.54. The number of amides is 2. The van der Waals surface area contributed by atoms with Gasteiger partial charge in [-0.1, -0.05) is 31.2 Å². The molecule has 1 saturated carbocycles. The highest BCUT2D eigenvalue weighted by Crippen LogP contribution is 2.25. The van der Waals surface area contributed by atoms with Gasteiger partial charge in [0.1, 0.15) is 6.54 Å². The predicted molar refractivity (Wildman–Crippen MR) is 122 cm³/mol. The van der Waals surface area contributed by atoms with E-state index < -0.39 is 0 Å². The molecule has 0 N–H and O–H groups in total. The number of carbonyl (C=O) groups excluding carboxylic acids is 2. The Bertz CT molecular complexity index is 979. The minimum Gasteiger partial charge on any atom is -0.370 e. The smallest absolute Gasteiger partial charge is 0.254 e. The maximum absolute atomic E-state index is 13.3. The van der Waals surface area contributed by atoms with Gasteiger partial charge in [-0.25, -0.2) is 0 Å². The topological polar surface area (TPSA) is 62.7 Å². The molecule has 4 rings (SSSR count). The molecule has 6 nitrogen and oxygen atoms in total. The van der Waals surface area contributed by atoms with Crippen LogP contribution in [0.1, 0.15) is 53.6 Å². The van der Waals surface area contributed by atoms with Crippen molar-refractivity contribution in [3.05, 3.63) is 65.5 Å². The molecule has 2 amide bonds. The zero-order chi connectivity index (χ0) is 22.3. The molecule has 32 heavy (non-hydrogen) atoms. The summed E-state index contributed by atoms with van der Waals surface area (Å²) >= 11 is 0. The number of benzene rings is 1. The molecule has 1 atom stereocenters. The fourth-order valence-corrected chi connectivity index (χ4v) is 4.57. The lowest BCUT2D eigenvalue weighted by Crippen LogP contribution is -2.46. The largest absolute Gasteiger partial charge is 0.370 e. The van der Waals surface area contributed by atoms with Crippen LogP contribution in [0.4, 0.5) is 0 Å². The quantitative estimate of drug-likeness (QED) is 0.682. The molecule has 0 radical (unpaired) electrons. The first-order valence-corrected chi connectivity index (χ1v) is 11.3. The third kappa shape index (κ3) is 5.35. The van der Waals surface area contributed by atoms with Gasteiger partial charge < -0.3 is 14.5 Å². The van der Waals surface area contributed by atoms with Gasteiger partial charge in [0.2, 0.25) is 5.91 Å². The summed E-state index contributed by atoms with van der Waals surface area (Å²) in [7, 11) is 0. The molecule has 0 unspecified atom stereocenters. The van der Waals surface area contributed by atoms with Crippen molar-refractivity contribution in [2.45, 2.75) is 50.9 Å². The normalized spacial score (nSPS) is 20.0. The van der Waals surface area contributed by atoms with Crippen LogP contribution in [0.15, 0.2) is 48.8 Å². The average Bonchev–Trinajstić information content (AvgIpc) is 3.02. The van der Waals surface area contributed by atoms with Crippen LogP contribution in [0.3, 0.4) is 0 Å². The summed E-state index contributed by atoms with van der Waals surface area (Å²) < 4.78 is 6.23. The van der Waals surface area contributed by atoms with Crippen LogP contribution in [0, 0.1) is 12.3 Å². The van der Waals surface area contributed by atoms with Crippen LogP contribution >= 0.6 is 0 Å². The lowest BCUT2D eigenvalue weighted by atomic mass is 9.94. The van der Waals surface area contributed by atoms with E-state index in [4.69, 9.17) is 11.2 Å². The van der Waals surface area contributed by atoms with Crippen LogP contribution < -0.4 is 0 Å². The number of carbonyl (C=O) groups is 2. The highest BCUT2D eigenvalue weighted by molar-refractivity contribution is 5.97. The maximum Gasteiger partial charge on any atom is 0.254 e. The number of ether oxygens (including phenoxy) is 1. The van der Waals surface area contributed by atoms with Crippen molar-refractivity contribution in [3.63, 3.8) is 0 Å². The van der Waals surface area contributed by atoms with Crippen molar-refractivity contribution >= 4 is 11.8 Å². The van der Waals surface area contributed by atoms with Gasteiger partial charge in [0, 0.05) is 42.7 Å². The lowest BCUT2D eigenvalue weighted by molar-refractivity contribution is -0.134. The third-order valence-electron chi connectivity index (χ3n) is 6.28. The number of hydrogen-bond acceptors (Lipinski definition) is 4. The van der Waals surface area contributed by atoms with Gasteiger partial charge in [0.15, 0.2) is 0 Å². The fraction of sp³-hybridized carbons (Fsp3) is 0.423. The monoisotopic (exact) mass is 431 g/mol. The molecule has 6 heteroatoms. The van der Waals surface area contributed by atoms with Crippen LogP contribution in [0.5, 0.6) is 0 Å². The standard InChI is InChI=1S/C26H29N3O3/c1-2-20-7-6-8-22(15-20)26(31)28-16-24(32-19-21-11-13-27-14-12-21)17-29(25(30)18-28)23-9-4-3-5-10-23/h1,6-8,11-15,23-24H,3-5,9-10,16-19H2/t24-/m1/s1. The first-order valence-electron chi connectivity index (χ1n) is 11.3. The van der Waals surface area contributed by atoms with E-state index in [0.717, 1.165) is 31.2 Å². The van der Waals surface area contributed by atoms with Crippen molar-refractivity contribution in [2.75, 3.05) is 19.6 Å². The first kappa shape index (κ1) is 22.0. The van der Waals surface area contributed by atoms with Gasteiger partial charge in [-0.15, -0.1) is 6.42 Å². The van der Waals surface area contributed by atoms with E-state index in [1.54, 1.807) is 41.6 Å². The molecule has 2 aliphatic rings. The molecule has 1 saturated heterocycles. The Kier molecular flexibility index (Phi) is 7.18. The van der Waals surface area contributed by atoms with E-state index in [1.807, 2.05) is 17.0 Å². The highest BCUT2D eigenvalue weighted by Gasteiger charge is 2.35. The summed E-state index contributed by atoms with van der Waals surface area (Å²) in [5.41, 5.74) is 2.15. The van der Waals surface area contributed by atoms with Crippen LogP contribution in [-0.4, -0.2) is 58.4 Å². The molecule has 0 bridgehead atoms. The molecular weight excluding hydrogens is 402 g/mol. The molecular formula is C26H29N3O3. The molecule has 166 valence electrons. The van der Waals surface area contributed by atoms with Crippen molar-refractivity contribution < 1.29 is 14.3 Å². The van der Waals surface area contributed by atoms with Gasteiger partial charge in [-0.05, 0) is 48.7 Å². The molecule has 2 fully saturated rings. The van der Waals surface area contributed by atoms with Gasteiger partial charge in [0.05, 0.1) is 12.7 Å². The van der Waals surface area contributed by atoms with Gasteiger partial charge in [-0.2, -0.15) is 0 Å². The van der Waals surface area contributed by atoms with Gasteiger partial charge in [0.25, 0.3) is 5.91 Å².